The number of hydrogen-bond acceptors (Lipinski definition) is 7. The quantitative estimate of drug-likeness (QED) is 0.112. The molecular formula is C41H48Cl2FN3O6. The van der Waals surface area contributed by atoms with Gasteiger partial charge in [0.15, 0.2) is 11.5 Å². The predicted octanol–water partition coefficient (Wildman–Crippen LogP) is 7.92. The Labute approximate surface area is 322 Å². The molecule has 5 rings (SSSR count). The van der Waals surface area contributed by atoms with Gasteiger partial charge in [-0.3, -0.25) is 9.59 Å². The first-order valence-corrected chi connectivity index (χ1v) is 17.9. The van der Waals surface area contributed by atoms with Gasteiger partial charge in [0.2, 0.25) is 5.91 Å². The number of nitrogens with zero attached hydrogens (tertiary/aromatic N) is 1. The maximum atomic E-state index is 14.3. The van der Waals surface area contributed by atoms with Gasteiger partial charge in [0, 0.05) is 47.0 Å². The SMILES string of the molecule is COc1c(OCCCNCCOc2ccccc2)cccc1[C@@H]1O[C@@H](CC(=O)NCc2ccccc2F)C(=O)N(CC(C)(C)C)c2ccc(Cl)cc21.Cl. The topological polar surface area (TPSA) is 98.4 Å². The van der Waals surface area contributed by atoms with Gasteiger partial charge in [-0.15, -0.1) is 12.4 Å². The van der Waals surface area contributed by atoms with Crippen LogP contribution in [0, 0.1) is 11.2 Å². The van der Waals surface area contributed by atoms with Gasteiger partial charge < -0.3 is 34.5 Å². The molecule has 284 valence electrons. The van der Waals surface area contributed by atoms with E-state index in [2.05, 4.69) is 10.6 Å². The third-order valence-electron chi connectivity index (χ3n) is 8.38. The molecule has 0 spiro atoms. The largest absolute Gasteiger partial charge is 0.492 e. The van der Waals surface area contributed by atoms with Crippen LogP contribution >= 0.6 is 24.0 Å². The average molecular weight is 769 g/mol. The molecule has 2 amide bonds. The Hall–Kier alpha value is -4.35. The first-order valence-electron chi connectivity index (χ1n) is 17.5. The second-order valence-corrected chi connectivity index (χ2v) is 14.2. The van der Waals surface area contributed by atoms with E-state index in [-0.39, 0.29) is 36.7 Å². The van der Waals surface area contributed by atoms with Crippen molar-refractivity contribution in [3.63, 3.8) is 0 Å². The summed E-state index contributed by atoms with van der Waals surface area (Å²) in [5, 5.41) is 6.58. The van der Waals surface area contributed by atoms with Crippen LogP contribution in [0.25, 0.3) is 0 Å². The van der Waals surface area contributed by atoms with Gasteiger partial charge in [-0.2, -0.15) is 0 Å². The summed E-state index contributed by atoms with van der Waals surface area (Å²) in [7, 11) is 1.56. The fourth-order valence-corrected chi connectivity index (χ4v) is 6.17. The fraction of sp³-hybridized carbons (Fsp3) is 0.366. The highest BCUT2D eigenvalue weighted by Gasteiger charge is 2.40. The number of anilines is 1. The van der Waals surface area contributed by atoms with Crippen molar-refractivity contribution in [2.24, 2.45) is 5.41 Å². The Bertz CT molecular complexity index is 1810. The lowest BCUT2D eigenvalue weighted by Gasteiger charge is -2.31. The Balaban J connectivity index is 0.00000627. The number of rotatable bonds is 16. The van der Waals surface area contributed by atoms with Crippen molar-refractivity contribution in [3.05, 3.63) is 119 Å². The van der Waals surface area contributed by atoms with Crippen LogP contribution in [0.2, 0.25) is 5.02 Å². The van der Waals surface area contributed by atoms with Crippen molar-refractivity contribution >= 4 is 41.5 Å². The average Bonchev–Trinajstić information content (AvgIpc) is 3.22. The summed E-state index contributed by atoms with van der Waals surface area (Å²) >= 11 is 6.58. The van der Waals surface area contributed by atoms with E-state index in [9.17, 15) is 14.0 Å². The lowest BCUT2D eigenvalue weighted by molar-refractivity contribution is -0.138. The molecule has 4 aromatic rings. The standard InChI is InChI=1S/C41H47ClFN3O6.ClH/c1-41(2,3)27-46-34-19-18-29(42)24-32(34)38(52-36(40(46)48)25-37(47)45-26-28-12-8-9-16-33(28)43)31-15-10-17-35(39(31)49-4)51-22-11-20-44-21-23-50-30-13-6-5-7-14-30;/h5-10,12-19,24,36,38,44H,11,20-23,25-27H2,1-4H3,(H,45,47);1H/t36-,38-;/m0./s1. The Kier molecular flexibility index (Phi) is 15.3. The first-order chi connectivity index (χ1) is 25.0. The minimum atomic E-state index is -1.18. The molecule has 0 saturated carbocycles. The predicted molar refractivity (Wildman–Crippen MR) is 208 cm³/mol. The number of fused-ring (bicyclic) bond motifs is 1. The van der Waals surface area contributed by atoms with E-state index in [1.165, 1.54) is 6.07 Å². The van der Waals surface area contributed by atoms with Crippen molar-refractivity contribution in [2.75, 3.05) is 44.9 Å². The van der Waals surface area contributed by atoms with Crippen LogP contribution in [0.15, 0.2) is 91.0 Å². The highest BCUT2D eigenvalue weighted by molar-refractivity contribution is 6.30. The second-order valence-electron chi connectivity index (χ2n) is 13.8. The molecular weight excluding hydrogens is 720 g/mol. The minimum Gasteiger partial charge on any atom is -0.492 e. The molecule has 0 aromatic heterocycles. The van der Waals surface area contributed by atoms with E-state index in [4.69, 9.17) is 30.5 Å². The zero-order chi connectivity index (χ0) is 37.1. The molecule has 0 fully saturated rings. The normalized spacial score (nSPS) is 15.5. The van der Waals surface area contributed by atoms with E-state index < -0.39 is 23.9 Å². The van der Waals surface area contributed by atoms with Crippen LogP contribution < -0.4 is 29.7 Å². The van der Waals surface area contributed by atoms with Crippen molar-refractivity contribution in [2.45, 2.75) is 52.4 Å². The number of methoxy groups -OCH3 is 1. The van der Waals surface area contributed by atoms with Gasteiger partial charge in [-0.25, -0.2) is 4.39 Å². The van der Waals surface area contributed by atoms with E-state index in [0.717, 1.165) is 18.7 Å². The third-order valence-corrected chi connectivity index (χ3v) is 8.62. The van der Waals surface area contributed by atoms with E-state index in [0.29, 0.717) is 65.2 Å². The van der Waals surface area contributed by atoms with Gasteiger partial charge in [0.25, 0.3) is 5.91 Å². The zero-order valence-electron chi connectivity index (χ0n) is 30.5. The minimum absolute atomic E-state index is 0. The van der Waals surface area contributed by atoms with Crippen LogP contribution in [-0.2, 0) is 20.9 Å². The van der Waals surface area contributed by atoms with Crippen LogP contribution in [0.4, 0.5) is 10.1 Å². The van der Waals surface area contributed by atoms with E-state index in [1.54, 1.807) is 42.3 Å². The number of nitrogens with one attached hydrogen (secondary N) is 2. The van der Waals surface area contributed by atoms with Gasteiger partial charge in [-0.1, -0.05) is 80.9 Å². The maximum Gasteiger partial charge on any atom is 0.256 e. The summed E-state index contributed by atoms with van der Waals surface area (Å²) < 4.78 is 38.8. The number of amides is 2. The molecule has 1 aliphatic rings. The molecule has 4 aromatic carbocycles. The zero-order valence-corrected chi connectivity index (χ0v) is 32.1. The van der Waals surface area contributed by atoms with Crippen LogP contribution in [0.5, 0.6) is 17.2 Å². The van der Waals surface area contributed by atoms with E-state index in [1.807, 2.05) is 75.4 Å². The summed E-state index contributed by atoms with van der Waals surface area (Å²) in [5.41, 5.74) is 1.93. The molecule has 0 unspecified atom stereocenters. The lowest BCUT2D eigenvalue weighted by Crippen LogP contribution is -2.45. The molecule has 2 atom stereocenters. The Morgan fingerprint density at radius 2 is 1.68 bits per heavy atom. The van der Waals surface area contributed by atoms with Crippen LogP contribution in [0.1, 0.15) is 56.4 Å². The number of carbonyl (C=O) groups excluding carboxylic acids is 2. The molecule has 1 aliphatic heterocycles. The fourth-order valence-electron chi connectivity index (χ4n) is 5.99. The van der Waals surface area contributed by atoms with Crippen LogP contribution in [-0.4, -0.2) is 57.9 Å². The number of hydrogen-bond donors (Lipinski definition) is 2. The molecule has 0 saturated heterocycles. The van der Waals surface area contributed by atoms with Gasteiger partial charge >= 0.3 is 0 Å². The molecule has 0 bridgehead atoms. The Morgan fingerprint density at radius 1 is 0.925 bits per heavy atom. The highest BCUT2D eigenvalue weighted by atomic mass is 35.5. The summed E-state index contributed by atoms with van der Waals surface area (Å²) in [6.45, 7) is 8.83. The number of halogens is 3. The molecule has 53 heavy (non-hydrogen) atoms. The number of carbonyl (C=O) groups is 2. The monoisotopic (exact) mass is 767 g/mol. The van der Waals surface area contributed by atoms with Crippen molar-refractivity contribution < 1.29 is 32.9 Å². The molecule has 2 N–H and O–H groups in total. The molecule has 12 heteroatoms. The van der Waals surface area contributed by atoms with E-state index >= 15 is 0 Å². The first kappa shape index (κ1) is 41.4. The Morgan fingerprint density at radius 3 is 2.42 bits per heavy atom. The lowest BCUT2D eigenvalue weighted by atomic mass is 9.94. The second kappa shape index (κ2) is 19.6. The number of ether oxygens (including phenoxy) is 4. The summed E-state index contributed by atoms with van der Waals surface area (Å²) in [6, 6.07) is 26.8. The van der Waals surface area contributed by atoms with Gasteiger partial charge in [0.05, 0.1) is 20.1 Å². The summed E-state index contributed by atoms with van der Waals surface area (Å²) in [5.74, 6) is 0.553. The summed E-state index contributed by atoms with van der Waals surface area (Å²) in [6.07, 6.45) is -1.58. The molecule has 0 aliphatic carbocycles. The van der Waals surface area contributed by atoms with Crippen molar-refractivity contribution in [1.29, 1.82) is 0 Å². The van der Waals surface area contributed by atoms with Gasteiger partial charge in [0.1, 0.15) is 30.4 Å². The highest BCUT2D eigenvalue weighted by Crippen LogP contribution is 2.45. The van der Waals surface area contributed by atoms with Gasteiger partial charge in [-0.05, 0) is 60.8 Å². The molecule has 9 nitrogen and oxygen atoms in total. The number of benzene rings is 4. The molecule has 1 heterocycles. The van der Waals surface area contributed by atoms with Crippen molar-refractivity contribution in [3.8, 4) is 17.2 Å². The smallest absolute Gasteiger partial charge is 0.256 e. The molecule has 0 radical (unpaired) electrons. The third kappa shape index (κ3) is 11.6. The maximum absolute atomic E-state index is 14.3. The van der Waals surface area contributed by atoms with Crippen LogP contribution in [0.3, 0.4) is 0 Å². The summed E-state index contributed by atoms with van der Waals surface area (Å²) in [4.78, 5) is 29.3. The van der Waals surface area contributed by atoms with Crippen molar-refractivity contribution in [1.82, 2.24) is 10.6 Å². The number of para-hydroxylation sites is 2.